The number of nitriles is 1. The van der Waals surface area contributed by atoms with Crippen LogP contribution >= 0.6 is 0 Å². The van der Waals surface area contributed by atoms with Gasteiger partial charge in [-0.25, -0.2) is 0 Å². The number of aryl methyl sites for hydroxylation is 10. The van der Waals surface area contributed by atoms with Gasteiger partial charge in [-0.2, -0.15) is 5.26 Å². The van der Waals surface area contributed by atoms with Crippen LogP contribution < -0.4 is 0 Å². The Kier molecular flexibility index (Phi) is 13.6. The highest BCUT2D eigenvalue weighted by atomic mass is 14.7. The average Bonchev–Trinajstić information content (AvgIpc) is 3.42. The van der Waals surface area contributed by atoms with Gasteiger partial charge in [-0.1, -0.05) is 140 Å². The minimum Gasteiger partial charge on any atom is -0.256 e. The fourth-order valence-corrected chi connectivity index (χ4v) is 9.54. The topological polar surface area (TPSA) is 62.5 Å². The van der Waals surface area contributed by atoms with Crippen LogP contribution in [0.5, 0.6) is 0 Å². The summed E-state index contributed by atoms with van der Waals surface area (Å²) in [5.41, 5.74) is 28.8. The Bertz CT molecular complexity index is 3500. The normalized spacial score (nSPS) is 11.1. The van der Waals surface area contributed by atoms with Crippen LogP contribution in [-0.2, 0) is 25.7 Å². The molecular formula is C68H58N4. The maximum atomic E-state index is 9.41. The first-order chi connectivity index (χ1) is 35.0. The van der Waals surface area contributed by atoms with Gasteiger partial charge < -0.3 is 0 Å². The molecule has 0 bridgehead atoms. The molecule has 0 saturated heterocycles. The second-order valence-electron chi connectivity index (χ2n) is 19.5. The van der Waals surface area contributed by atoms with Gasteiger partial charge in [0.05, 0.1) is 28.7 Å². The largest absolute Gasteiger partial charge is 0.256 e. The Morgan fingerprint density at radius 1 is 0.306 bits per heavy atom. The molecule has 3 heterocycles. The first kappa shape index (κ1) is 47.2. The second-order valence-corrected chi connectivity index (χ2v) is 19.5. The molecule has 0 atom stereocenters. The third-order valence-electron chi connectivity index (χ3n) is 14.5. The van der Waals surface area contributed by atoms with E-state index in [2.05, 4.69) is 199 Å². The highest BCUT2D eigenvalue weighted by Gasteiger charge is 2.17. The third kappa shape index (κ3) is 10.5. The van der Waals surface area contributed by atoms with Crippen molar-refractivity contribution >= 4 is 0 Å². The molecule has 72 heavy (non-hydrogen) atoms. The van der Waals surface area contributed by atoms with E-state index in [0.717, 1.165) is 87.3 Å². The molecule has 0 aliphatic heterocycles. The third-order valence-corrected chi connectivity index (χ3v) is 14.5. The SMILES string of the molecule is Cc1cnc(-c2ccc(CCc3cc(CCc4ccc(-c5cc(C)c(C)cn5)cc4)cc(-c4ccccc4-c4ccc(-c5cc(C)c(C)cn5)cc4-c4ccc(-c5ccc(C#N)cc5)cc4)c3)cc2)cc1C. The molecule has 7 aromatic carbocycles. The number of aromatic nitrogens is 3. The van der Waals surface area contributed by atoms with E-state index in [0.29, 0.717) is 5.56 Å². The standard InChI is InChI=1S/C68H58N4/c1-44-33-66(70-41-47(44)4)58-23-15-50(16-24-58)11-13-53-36-54(14-12-51-17-25-59(26-18-51)67-34-45(2)48(5)42-71-67)38-61(37-53)62-9-7-8-10-63(62)64-32-31-60(68-35-46(3)49(6)43-72-68)39-65(64)57-29-27-56(28-30-57)55-21-19-52(40-69)20-22-55/h7-10,15-39,41-43H,11-14H2,1-6H3. The minimum atomic E-state index is 0.654. The molecule has 4 nitrogen and oxygen atoms in total. The molecule has 0 aliphatic rings. The van der Waals surface area contributed by atoms with Crippen LogP contribution in [0.25, 0.3) is 78.3 Å². The van der Waals surface area contributed by atoms with E-state index >= 15 is 0 Å². The lowest BCUT2D eigenvalue weighted by Gasteiger charge is -2.18. The van der Waals surface area contributed by atoms with Gasteiger partial charge in [-0.05, 0) is 204 Å². The lowest BCUT2D eigenvalue weighted by Crippen LogP contribution is -1.98. The van der Waals surface area contributed by atoms with E-state index in [1.807, 2.05) is 42.9 Å². The summed E-state index contributed by atoms with van der Waals surface area (Å²) in [6.07, 6.45) is 9.59. The van der Waals surface area contributed by atoms with E-state index in [9.17, 15) is 5.26 Å². The van der Waals surface area contributed by atoms with Crippen LogP contribution in [0.4, 0.5) is 0 Å². The molecule has 3 aromatic heterocycles. The molecule has 4 heteroatoms. The number of hydrogen-bond acceptors (Lipinski definition) is 4. The Morgan fingerprint density at radius 2 is 0.694 bits per heavy atom. The van der Waals surface area contributed by atoms with Crippen molar-refractivity contribution < 1.29 is 0 Å². The smallest absolute Gasteiger partial charge is 0.0991 e. The molecule has 0 aliphatic carbocycles. The van der Waals surface area contributed by atoms with E-state index in [4.69, 9.17) is 15.0 Å². The first-order valence-corrected chi connectivity index (χ1v) is 25.0. The van der Waals surface area contributed by atoms with Gasteiger partial charge in [0.15, 0.2) is 0 Å². The lowest BCUT2D eigenvalue weighted by molar-refractivity contribution is 0.931. The van der Waals surface area contributed by atoms with Crippen LogP contribution in [0.2, 0.25) is 0 Å². The lowest BCUT2D eigenvalue weighted by atomic mass is 9.86. The maximum Gasteiger partial charge on any atom is 0.0991 e. The summed E-state index contributed by atoms with van der Waals surface area (Å²) in [4.78, 5) is 14.3. The van der Waals surface area contributed by atoms with E-state index in [-0.39, 0.29) is 0 Å². The Labute approximate surface area is 425 Å². The van der Waals surface area contributed by atoms with Crippen LogP contribution in [0.15, 0.2) is 195 Å². The van der Waals surface area contributed by atoms with Crippen LogP contribution in [0.1, 0.15) is 61.2 Å². The molecule has 0 radical (unpaired) electrons. The van der Waals surface area contributed by atoms with Crippen molar-refractivity contribution in [3.8, 4) is 84.3 Å². The Balaban J connectivity index is 1.01. The van der Waals surface area contributed by atoms with Crippen LogP contribution in [0.3, 0.4) is 0 Å². The molecule has 350 valence electrons. The molecular weight excluding hydrogens is 873 g/mol. The van der Waals surface area contributed by atoms with Crippen LogP contribution in [0, 0.1) is 52.9 Å². The molecule has 0 fully saturated rings. The van der Waals surface area contributed by atoms with E-state index < -0.39 is 0 Å². The summed E-state index contributed by atoms with van der Waals surface area (Å²) in [5.74, 6) is 0. The van der Waals surface area contributed by atoms with Crippen molar-refractivity contribution in [2.24, 2.45) is 0 Å². The van der Waals surface area contributed by atoms with Crippen molar-refractivity contribution in [1.29, 1.82) is 5.26 Å². The van der Waals surface area contributed by atoms with Gasteiger partial charge in [0.2, 0.25) is 0 Å². The summed E-state index contributed by atoms with van der Waals surface area (Å²) in [6.45, 7) is 12.8. The molecule has 10 aromatic rings. The van der Waals surface area contributed by atoms with Crippen molar-refractivity contribution in [3.05, 3.63) is 256 Å². The fourth-order valence-electron chi connectivity index (χ4n) is 9.54. The van der Waals surface area contributed by atoms with Crippen molar-refractivity contribution in [2.45, 2.75) is 67.2 Å². The van der Waals surface area contributed by atoms with Gasteiger partial charge in [0.25, 0.3) is 0 Å². The van der Waals surface area contributed by atoms with Crippen molar-refractivity contribution in [3.63, 3.8) is 0 Å². The highest BCUT2D eigenvalue weighted by molar-refractivity contribution is 5.94. The van der Waals surface area contributed by atoms with E-state index in [1.54, 1.807) is 0 Å². The van der Waals surface area contributed by atoms with E-state index in [1.165, 1.54) is 72.3 Å². The summed E-state index contributed by atoms with van der Waals surface area (Å²) in [6, 6.07) is 66.3. The zero-order valence-corrected chi connectivity index (χ0v) is 42.1. The number of benzene rings is 7. The molecule has 10 rings (SSSR count). The molecule has 0 amide bonds. The van der Waals surface area contributed by atoms with Gasteiger partial charge in [-0.15, -0.1) is 0 Å². The van der Waals surface area contributed by atoms with Gasteiger partial charge >= 0.3 is 0 Å². The molecule has 0 unspecified atom stereocenters. The van der Waals surface area contributed by atoms with Gasteiger partial charge in [-0.3, -0.25) is 15.0 Å². The number of pyridine rings is 3. The zero-order valence-electron chi connectivity index (χ0n) is 42.1. The first-order valence-electron chi connectivity index (χ1n) is 25.0. The molecule has 0 N–H and O–H groups in total. The predicted molar refractivity (Wildman–Crippen MR) is 299 cm³/mol. The fraction of sp³-hybridized carbons (Fsp3) is 0.147. The van der Waals surface area contributed by atoms with Crippen LogP contribution in [-0.4, -0.2) is 15.0 Å². The maximum absolute atomic E-state index is 9.41. The highest BCUT2D eigenvalue weighted by Crippen LogP contribution is 2.41. The van der Waals surface area contributed by atoms with Crippen molar-refractivity contribution in [2.75, 3.05) is 0 Å². The van der Waals surface area contributed by atoms with Crippen molar-refractivity contribution in [1.82, 2.24) is 15.0 Å². The van der Waals surface area contributed by atoms with Gasteiger partial charge in [0.1, 0.15) is 0 Å². The Morgan fingerprint density at radius 3 is 1.17 bits per heavy atom. The second kappa shape index (κ2) is 20.8. The number of hydrogen-bond donors (Lipinski definition) is 0. The number of nitrogens with zero attached hydrogens (tertiary/aromatic N) is 4. The number of rotatable bonds is 13. The summed E-state index contributed by atoms with van der Waals surface area (Å²) < 4.78 is 0. The quantitative estimate of drug-likeness (QED) is 0.116. The average molecular weight is 931 g/mol. The van der Waals surface area contributed by atoms with Gasteiger partial charge in [0, 0.05) is 35.3 Å². The summed E-state index contributed by atoms with van der Waals surface area (Å²) in [7, 11) is 0. The Hall–Kier alpha value is -8.52. The zero-order chi connectivity index (χ0) is 49.7. The minimum absolute atomic E-state index is 0.654. The molecule has 0 saturated carbocycles. The monoisotopic (exact) mass is 930 g/mol. The summed E-state index contributed by atoms with van der Waals surface area (Å²) in [5, 5.41) is 9.41. The summed E-state index contributed by atoms with van der Waals surface area (Å²) >= 11 is 0. The predicted octanol–water partition coefficient (Wildman–Crippen LogP) is 16.8. The molecule has 0 spiro atoms.